The van der Waals surface area contributed by atoms with Gasteiger partial charge in [-0.2, -0.15) is 0 Å². The standard InChI is InChI=1S/C17H27N5S/c1-3-19-17(20-7-5-9-22-10-8-18-14-22)21-13-15(2)12-16-6-4-11-23-16/h4,6,8,10-11,14-15H,3,5,7,9,12-13H2,1-2H3,(H2,19,20,21). The van der Waals surface area contributed by atoms with Gasteiger partial charge in [0.05, 0.1) is 6.33 Å². The molecule has 126 valence electrons. The van der Waals surface area contributed by atoms with Crippen LogP contribution in [0.2, 0.25) is 0 Å². The zero-order valence-corrected chi connectivity index (χ0v) is 14.9. The molecule has 1 unspecified atom stereocenters. The molecule has 2 rings (SSSR count). The van der Waals surface area contributed by atoms with Crippen LogP contribution in [0.4, 0.5) is 0 Å². The average Bonchev–Trinajstić information content (AvgIpc) is 3.22. The molecule has 2 N–H and O–H groups in total. The van der Waals surface area contributed by atoms with Gasteiger partial charge in [-0.25, -0.2) is 4.98 Å². The summed E-state index contributed by atoms with van der Waals surface area (Å²) in [6, 6.07) is 4.31. The van der Waals surface area contributed by atoms with E-state index in [1.165, 1.54) is 4.88 Å². The Balaban J connectivity index is 1.70. The van der Waals surface area contributed by atoms with Crippen LogP contribution in [-0.4, -0.2) is 35.1 Å². The summed E-state index contributed by atoms with van der Waals surface area (Å²) >= 11 is 1.82. The van der Waals surface area contributed by atoms with Crippen molar-refractivity contribution in [1.29, 1.82) is 0 Å². The van der Waals surface area contributed by atoms with E-state index in [1.54, 1.807) is 0 Å². The van der Waals surface area contributed by atoms with Crippen molar-refractivity contribution in [1.82, 2.24) is 20.2 Å². The summed E-state index contributed by atoms with van der Waals surface area (Å²) in [6.45, 7) is 7.95. The molecule has 0 amide bonds. The number of aliphatic imine (C=N–C) groups is 1. The molecule has 0 aliphatic heterocycles. The summed E-state index contributed by atoms with van der Waals surface area (Å²) in [5.74, 6) is 1.46. The quantitative estimate of drug-likeness (QED) is 0.421. The number of nitrogens with one attached hydrogen (secondary N) is 2. The molecule has 6 heteroatoms. The van der Waals surface area contributed by atoms with Gasteiger partial charge in [-0.05, 0) is 37.1 Å². The van der Waals surface area contributed by atoms with Gasteiger partial charge >= 0.3 is 0 Å². The van der Waals surface area contributed by atoms with Gasteiger partial charge in [0.25, 0.3) is 0 Å². The molecule has 0 bridgehead atoms. The molecule has 2 aromatic heterocycles. The molecule has 2 aromatic rings. The van der Waals surface area contributed by atoms with E-state index in [1.807, 2.05) is 30.1 Å². The first kappa shape index (κ1) is 17.5. The number of nitrogens with zero attached hydrogens (tertiary/aromatic N) is 3. The molecule has 0 aromatic carbocycles. The van der Waals surface area contributed by atoms with E-state index < -0.39 is 0 Å². The minimum absolute atomic E-state index is 0.551. The molecular weight excluding hydrogens is 306 g/mol. The zero-order valence-electron chi connectivity index (χ0n) is 14.0. The van der Waals surface area contributed by atoms with Gasteiger partial charge in [-0.1, -0.05) is 13.0 Å². The van der Waals surface area contributed by atoms with E-state index in [9.17, 15) is 0 Å². The molecule has 5 nitrogen and oxygen atoms in total. The van der Waals surface area contributed by atoms with Crippen molar-refractivity contribution < 1.29 is 0 Å². The predicted octanol–water partition coefficient (Wildman–Crippen LogP) is 2.77. The molecule has 0 fully saturated rings. The van der Waals surface area contributed by atoms with Crippen LogP contribution >= 0.6 is 11.3 Å². The van der Waals surface area contributed by atoms with Gasteiger partial charge in [-0.15, -0.1) is 11.3 Å². The van der Waals surface area contributed by atoms with Crippen molar-refractivity contribution in [2.45, 2.75) is 33.2 Å². The summed E-state index contributed by atoms with van der Waals surface area (Å²) in [6.07, 6.45) is 7.80. The Kier molecular flexibility index (Phi) is 7.66. The number of guanidine groups is 1. The first-order valence-corrected chi connectivity index (χ1v) is 9.16. The second-order valence-corrected chi connectivity index (χ2v) is 6.72. The number of imidazole rings is 1. The lowest BCUT2D eigenvalue weighted by molar-refractivity contribution is 0.590. The van der Waals surface area contributed by atoms with Crippen molar-refractivity contribution in [3.63, 3.8) is 0 Å². The third kappa shape index (κ3) is 6.86. The largest absolute Gasteiger partial charge is 0.357 e. The highest BCUT2D eigenvalue weighted by molar-refractivity contribution is 7.09. The summed E-state index contributed by atoms with van der Waals surface area (Å²) < 4.78 is 2.09. The van der Waals surface area contributed by atoms with Crippen LogP contribution in [0.15, 0.2) is 41.2 Å². The number of aromatic nitrogens is 2. The van der Waals surface area contributed by atoms with E-state index in [4.69, 9.17) is 4.99 Å². The number of rotatable bonds is 9. The van der Waals surface area contributed by atoms with Crippen LogP contribution < -0.4 is 10.6 Å². The Morgan fingerprint density at radius 2 is 2.35 bits per heavy atom. The van der Waals surface area contributed by atoms with Gasteiger partial charge in [-0.3, -0.25) is 4.99 Å². The third-order valence-electron chi connectivity index (χ3n) is 3.48. The Hall–Kier alpha value is -1.82. The van der Waals surface area contributed by atoms with Crippen LogP contribution in [0.1, 0.15) is 25.1 Å². The predicted molar refractivity (Wildman–Crippen MR) is 98.0 cm³/mol. The molecule has 23 heavy (non-hydrogen) atoms. The van der Waals surface area contributed by atoms with Crippen molar-refractivity contribution >= 4 is 17.3 Å². The lowest BCUT2D eigenvalue weighted by Crippen LogP contribution is -2.38. The van der Waals surface area contributed by atoms with E-state index >= 15 is 0 Å². The fraction of sp³-hybridized carbons (Fsp3) is 0.529. The summed E-state index contributed by atoms with van der Waals surface area (Å²) in [4.78, 5) is 10.2. The molecule has 0 aliphatic rings. The number of thiophene rings is 1. The van der Waals surface area contributed by atoms with Gasteiger partial charge in [0.2, 0.25) is 0 Å². The lowest BCUT2D eigenvalue weighted by Gasteiger charge is -2.13. The van der Waals surface area contributed by atoms with Crippen molar-refractivity contribution in [2.75, 3.05) is 19.6 Å². The molecule has 0 saturated carbocycles. The lowest BCUT2D eigenvalue weighted by atomic mass is 10.1. The SMILES string of the molecule is CCNC(=NCC(C)Cc1cccs1)NCCCn1ccnc1. The maximum absolute atomic E-state index is 4.71. The first-order chi connectivity index (χ1) is 11.3. The van der Waals surface area contributed by atoms with Gasteiger partial charge in [0, 0.05) is 43.4 Å². The molecule has 0 saturated heterocycles. The van der Waals surface area contributed by atoms with Gasteiger partial charge < -0.3 is 15.2 Å². The fourth-order valence-electron chi connectivity index (χ4n) is 2.31. The first-order valence-electron chi connectivity index (χ1n) is 8.28. The van der Waals surface area contributed by atoms with Crippen LogP contribution in [0.3, 0.4) is 0 Å². The fourth-order valence-corrected chi connectivity index (χ4v) is 3.18. The molecule has 0 aliphatic carbocycles. The second kappa shape index (κ2) is 10.0. The van der Waals surface area contributed by atoms with Crippen LogP contribution in [0, 0.1) is 5.92 Å². The smallest absolute Gasteiger partial charge is 0.191 e. The molecule has 2 heterocycles. The Bertz CT molecular complexity index is 548. The van der Waals surface area contributed by atoms with Crippen LogP contribution in [0.25, 0.3) is 0 Å². The second-order valence-electron chi connectivity index (χ2n) is 5.69. The highest BCUT2D eigenvalue weighted by Gasteiger charge is 2.05. The van der Waals surface area contributed by atoms with Crippen LogP contribution in [-0.2, 0) is 13.0 Å². The Morgan fingerprint density at radius 3 is 3.04 bits per heavy atom. The van der Waals surface area contributed by atoms with Crippen molar-refractivity contribution in [3.05, 3.63) is 41.1 Å². The third-order valence-corrected chi connectivity index (χ3v) is 4.38. The van der Waals surface area contributed by atoms with Gasteiger partial charge in [0.15, 0.2) is 5.96 Å². The van der Waals surface area contributed by atoms with Crippen molar-refractivity contribution in [2.24, 2.45) is 10.9 Å². The van der Waals surface area contributed by atoms with Gasteiger partial charge in [0.1, 0.15) is 0 Å². The zero-order chi connectivity index (χ0) is 16.3. The normalized spacial score (nSPS) is 13.0. The maximum atomic E-state index is 4.71. The van der Waals surface area contributed by atoms with Crippen molar-refractivity contribution in [3.8, 4) is 0 Å². The number of hydrogen-bond acceptors (Lipinski definition) is 3. The highest BCUT2D eigenvalue weighted by atomic mass is 32.1. The monoisotopic (exact) mass is 333 g/mol. The molecular formula is C17H27N5S. The highest BCUT2D eigenvalue weighted by Crippen LogP contribution is 2.14. The topological polar surface area (TPSA) is 54.2 Å². The number of hydrogen-bond donors (Lipinski definition) is 2. The minimum Gasteiger partial charge on any atom is -0.357 e. The summed E-state index contributed by atoms with van der Waals surface area (Å²) in [7, 11) is 0. The maximum Gasteiger partial charge on any atom is 0.191 e. The van der Waals surface area contributed by atoms with E-state index in [2.05, 4.69) is 51.5 Å². The molecule has 0 radical (unpaired) electrons. The molecule has 1 atom stereocenters. The minimum atomic E-state index is 0.551. The van der Waals surface area contributed by atoms with E-state index in [-0.39, 0.29) is 0 Å². The van der Waals surface area contributed by atoms with E-state index in [0.29, 0.717) is 5.92 Å². The average molecular weight is 334 g/mol. The Morgan fingerprint density at radius 1 is 1.43 bits per heavy atom. The summed E-state index contributed by atoms with van der Waals surface area (Å²) in [5.41, 5.74) is 0. The summed E-state index contributed by atoms with van der Waals surface area (Å²) in [5, 5.41) is 8.85. The molecule has 0 spiro atoms. The van der Waals surface area contributed by atoms with E-state index in [0.717, 1.165) is 45.0 Å². The number of aryl methyl sites for hydroxylation is 1. The van der Waals surface area contributed by atoms with Crippen LogP contribution in [0.5, 0.6) is 0 Å². The Labute approximate surface area is 142 Å².